The standard InChI is InChI=1S/C23H19NO4S3/c1-30(25,26)24-16-21(20-14-8-9-15-22(20)24)23(17-29-18-10-4-2-5-11-18)31(27,28)19-12-6-3-7-13-19/h2-17H,1H3/b23-17+. The summed E-state index contributed by atoms with van der Waals surface area (Å²) in [6.07, 6.45) is 2.48. The average Bonchev–Trinajstić information content (AvgIpc) is 3.15. The maximum absolute atomic E-state index is 13.6. The highest BCUT2D eigenvalue weighted by molar-refractivity contribution is 8.05. The Bertz CT molecular complexity index is 1470. The van der Waals surface area contributed by atoms with Crippen LogP contribution in [0.1, 0.15) is 5.56 Å². The number of para-hydroxylation sites is 1. The van der Waals surface area contributed by atoms with E-state index < -0.39 is 19.9 Å². The van der Waals surface area contributed by atoms with Crippen LogP contribution in [0.25, 0.3) is 15.8 Å². The molecule has 0 aliphatic rings. The van der Waals surface area contributed by atoms with Crippen molar-refractivity contribution in [2.45, 2.75) is 9.79 Å². The first-order valence-electron chi connectivity index (χ1n) is 9.31. The van der Waals surface area contributed by atoms with Crippen molar-refractivity contribution >= 4 is 47.4 Å². The first-order valence-corrected chi connectivity index (χ1v) is 13.5. The van der Waals surface area contributed by atoms with Crippen molar-refractivity contribution in [3.63, 3.8) is 0 Å². The van der Waals surface area contributed by atoms with Crippen molar-refractivity contribution < 1.29 is 16.8 Å². The fraction of sp³-hybridized carbons (Fsp3) is 0.0435. The summed E-state index contributed by atoms with van der Waals surface area (Å²) in [6, 6.07) is 24.4. The van der Waals surface area contributed by atoms with Gasteiger partial charge < -0.3 is 0 Å². The van der Waals surface area contributed by atoms with Gasteiger partial charge in [0.25, 0.3) is 0 Å². The molecule has 0 aliphatic heterocycles. The summed E-state index contributed by atoms with van der Waals surface area (Å²) in [4.78, 5) is 1.06. The molecule has 0 fully saturated rings. The zero-order valence-electron chi connectivity index (χ0n) is 16.5. The van der Waals surface area contributed by atoms with Gasteiger partial charge in [-0.1, -0.05) is 66.4 Å². The third kappa shape index (κ3) is 4.32. The van der Waals surface area contributed by atoms with E-state index in [4.69, 9.17) is 0 Å². The fourth-order valence-corrected chi connectivity index (χ4v) is 6.61. The minimum Gasteiger partial charge on any atom is -0.245 e. The summed E-state index contributed by atoms with van der Waals surface area (Å²) in [5.74, 6) is 0. The number of thioether (sulfide) groups is 1. The number of sulfone groups is 1. The average molecular weight is 470 g/mol. The Morgan fingerprint density at radius 1 is 0.806 bits per heavy atom. The molecule has 0 spiro atoms. The molecule has 0 atom stereocenters. The highest BCUT2D eigenvalue weighted by Gasteiger charge is 2.27. The van der Waals surface area contributed by atoms with Gasteiger partial charge in [0.2, 0.25) is 19.9 Å². The summed E-state index contributed by atoms with van der Waals surface area (Å²) < 4.78 is 53.1. The summed E-state index contributed by atoms with van der Waals surface area (Å²) in [5, 5.41) is 2.12. The smallest absolute Gasteiger partial charge is 0.236 e. The summed E-state index contributed by atoms with van der Waals surface area (Å²) >= 11 is 1.27. The molecular weight excluding hydrogens is 450 g/mol. The van der Waals surface area contributed by atoms with Crippen LogP contribution in [0.5, 0.6) is 0 Å². The molecule has 0 aliphatic carbocycles. The number of benzene rings is 3. The van der Waals surface area contributed by atoms with Crippen LogP contribution in [0.15, 0.2) is 106 Å². The number of hydrogen-bond donors (Lipinski definition) is 0. The zero-order valence-corrected chi connectivity index (χ0v) is 19.0. The van der Waals surface area contributed by atoms with E-state index in [0.717, 1.165) is 15.1 Å². The second kappa shape index (κ2) is 8.37. The molecule has 0 saturated carbocycles. The Morgan fingerprint density at radius 3 is 2.03 bits per heavy atom. The molecular formula is C23H19NO4S3. The Kier molecular flexibility index (Phi) is 5.79. The molecule has 0 radical (unpaired) electrons. The number of rotatable bonds is 6. The predicted molar refractivity (Wildman–Crippen MR) is 126 cm³/mol. The first kappa shape index (κ1) is 21.4. The monoisotopic (exact) mass is 469 g/mol. The highest BCUT2D eigenvalue weighted by Crippen LogP contribution is 2.37. The quantitative estimate of drug-likeness (QED) is 0.371. The van der Waals surface area contributed by atoms with Crippen molar-refractivity contribution in [3.05, 3.63) is 102 Å². The number of hydrogen-bond acceptors (Lipinski definition) is 5. The van der Waals surface area contributed by atoms with E-state index in [1.165, 1.54) is 30.1 Å². The number of fused-ring (bicyclic) bond motifs is 1. The van der Waals surface area contributed by atoms with E-state index in [1.54, 1.807) is 47.9 Å². The molecule has 4 aromatic rings. The summed E-state index contributed by atoms with van der Waals surface area (Å²) in [5.41, 5.74) is 0.771. The third-order valence-corrected chi connectivity index (χ3v) is 8.56. The number of aromatic nitrogens is 1. The molecule has 0 amide bonds. The zero-order chi connectivity index (χ0) is 22.1. The van der Waals surface area contributed by atoms with Crippen LogP contribution in [0.3, 0.4) is 0 Å². The molecule has 8 heteroatoms. The van der Waals surface area contributed by atoms with Crippen molar-refractivity contribution in [1.29, 1.82) is 0 Å². The van der Waals surface area contributed by atoms with Gasteiger partial charge >= 0.3 is 0 Å². The van der Waals surface area contributed by atoms with Crippen LogP contribution in [0.4, 0.5) is 0 Å². The lowest BCUT2D eigenvalue weighted by atomic mass is 10.2. The molecule has 0 N–H and O–H groups in total. The first-order chi connectivity index (χ1) is 14.8. The minimum absolute atomic E-state index is 0.0474. The van der Waals surface area contributed by atoms with Gasteiger partial charge in [-0.15, -0.1) is 0 Å². The van der Waals surface area contributed by atoms with E-state index >= 15 is 0 Å². The number of nitrogens with zero attached hydrogens (tertiary/aromatic N) is 1. The molecule has 0 bridgehead atoms. The van der Waals surface area contributed by atoms with E-state index in [9.17, 15) is 16.8 Å². The largest absolute Gasteiger partial charge is 0.245 e. The van der Waals surface area contributed by atoms with Gasteiger partial charge in [0, 0.05) is 22.0 Å². The third-order valence-electron chi connectivity index (χ3n) is 4.69. The van der Waals surface area contributed by atoms with Crippen molar-refractivity contribution in [2.75, 3.05) is 6.26 Å². The van der Waals surface area contributed by atoms with Crippen molar-refractivity contribution in [2.24, 2.45) is 0 Å². The summed E-state index contributed by atoms with van der Waals surface area (Å²) in [6.45, 7) is 0. The van der Waals surface area contributed by atoms with Crippen LogP contribution < -0.4 is 0 Å². The van der Waals surface area contributed by atoms with Crippen LogP contribution in [0.2, 0.25) is 0 Å². The molecule has 5 nitrogen and oxygen atoms in total. The van der Waals surface area contributed by atoms with Crippen LogP contribution in [-0.4, -0.2) is 27.1 Å². The van der Waals surface area contributed by atoms with Gasteiger partial charge in [0.15, 0.2) is 0 Å². The molecule has 3 aromatic carbocycles. The minimum atomic E-state index is -3.92. The maximum atomic E-state index is 13.6. The SMILES string of the molecule is CS(=O)(=O)n1cc(/C(=C\Sc2ccccc2)S(=O)(=O)c2ccccc2)c2ccccc21. The second-order valence-electron chi connectivity index (χ2n) is 6.85. The second-order valence-corrected chi connectivity index (χ2v) is 11.6. The lowest BCUT2D eigenvalue weighted by molar-refractivity contribution is 0.594. The van der Waals surface area contributed by atoms with Crippen LogP contribution in [0, 0.1) is 0 Å². The Labute approximate surface area is 186 Å². The molecule has 4 rings (SSSR count). The fourth-order valence-electron chi connectivity index (χ4n) is 3.24. The van der Waals surface area contributed by atoms with Gasteiger partial charge in [-0.25, -0.2) is 20.8 Å². The van der Waals surface area contributed by atoms with Gasteiger partial charge in [0.05, 0.1) is 21.6 Å². The normalized spacial score (nSPS) is 12.9. The Morgan fingerprint density at radius 2 is 1.39 bits per heavy atom. The van der Waals surface area contributed by atoms with Gasteiger partial charge in [-0.2, -0.15) is 0 Å². The highest BCUT2D eigenvalue weighted by atomic mass is 32.2. The van der Waals surface area contributed by atoms with E-state index in [-0.39, 0.29) is 9.80 Å². The van der Waals surface area contributed by atoms with Crippen LogP contribution in [-0.2, 0) is 19.9 Å². The Hall–Kier alpha value is -2.81. The van der Waals surface area contributed by atoms with E-state index in [2.05, 4.69) is 0 Å². The molecule has 158 valence electrons. The van der Waals surface area contributed by atoms with Gasteiger partial charge in [-0.3, -0.25) is 0 Å². The van der Waals surface area contributed by atoms with Gasteiger partial charge in [-0.05, 0) is 35.7 Å². The van der Waals surface area contributed by atoms with E-state index in [0.29, 0.717) is 16.5 Å². The lowest BCUT2D eigenvalue weighted by Gasteiger charge is -2.09. The molecule has 1 aromatic heterocycles. The predicted octanol–water partition coefficient (Wildman–Crippen LogP) is 5.01. The summed E-state index contributed by atoms with van der Waals surface area (Å²) in [7, 11) is -7.55. The van der Waals surface area contributed by atoms with Crippen LogP contribution >= 0.6 is 11.8 Å². The lowest BCUT2D eigenvalue weighted by Crippen LogP contribution is -2.08. The Balaban J connectivity index is 1.98. The topological polar surface area (TPSA) is 73.2 Å². The van der Waals surface area contributed by atoms with Gasteiger partial charge in [0.1, 0.15) is 0 Å². The molecule has 31 heavy (non-hydrogen) atoms. The van der Waals surface area contributed by atoms with Crippen molar-refractivity contribution in [3.8, 4) is 0 Å². The maximum Gasteiger partial charge on any atom is 0.236 e. The molecule has 0 saturated heterocycles. The molecule has 0 unspecified atom stereocenters. The molecule has 1 heterocycles. The van der Waals surface area contributed by atoms with E-state index in [1.807, 2.05) is 30.3 Å². The van der Waals surface area contributed by atoms with Crippen molar-refractivity contribution in [1.82, 2.24) is 3.97 Å².